The Kier molecular flexibility index (Phi) is 4.17. The first kappa shape index (κ1) is 11.3. The van der Waals surface area contributed by atoms with Crippen molar-refractivity contribution >= 4 is 34.5 Å². The Balaban J connectivity index is 2.51. The van der Waals surface area contributed by atoms with Gasteiger partial charge in [0.25, 0.3) is 0 Å². The lowest BCUT2D eigenvalue weighted by molar-refractivity contribution is 0.839. The summed E-state index contributed by atoms with van der Waals surface area (Å²) >= 11 is 10.6. The molecule has 0 aromatic heterocycles. The summed E-state index contributed by atoms with van der Waals surface area (Å²) in [7, 11) is 0. The van der Waals surface area contributed by atoms with Crippen molar-refractivity contribution < 1.29 is 0 Å². The second-order valence-corrected chi connectivity index (χ2v) is 4.18. The van der Waals surface area contributed by atoms with Gasteiger partial charge in [0.2, 0.25) is 0 Å². The first-order valence-electron chi connectivity index (χ1n) is 4.38. The van der Waals surface area contributed by atoms with Crippen LogP contribution in [0.3, 0.4) is 0 Å². The van der Waals surface area contributed by atoms with Crippen molar-refractivity contribution in [1.29, 1.82) is 0 Å². The van der Waals surface area contributed by atoms with E-state index in [-0.39, 0.29) is 6.04 Å². The van der Waals surface area contributed by atoms with Crippen LogP contribution in [0.5, 0.6) is 0 Å². The third-order valence-electron chi connectivity index (χ3n) is 1.76. The molecule has 1 aromatic rings. The molecule has 0 bridgehead atoms. The van der Waals surface area contributed by atoms with Gasteiger partial charge in [-0.3, -0.25) is 0 Å². The van der Waals surface area contributed by atoms with Gasteiger partial charge in [-0.05, 0) is 31.2 Å². The zero-order valence-electron chi connectivity index (χ0n) is 7.96. The highest BCUT2D eigenvalue weighted by Gasteiger charge is 2.02. The Bertz CT molecular complexity index is 310. The quantitative estimate of drug-likeness (QED) is 0.779. The lowest BCUT2D eigenvalue weighted by Gasteiger charge is -2.14. The molecule has 14 heavy (non-hydrogen) atoms. The first-order valence-corrected chi connectivity index (χ1v) is 5.17. The van der Waals surface area contributed by atoms with E-state index in [2.05, 4.69) is 5.32 Å². The summed E-state index contributed by atoms with van der Waals surface area (Å²) < 4.78 is 0. The second-order valence-electron chi connectivity index (χ2n) is 3.22. The topological polar surface area (TPSA) is 38.0 Å². The fourth-order valence-electron chi connectivity index (χ4n) is 1.18. The molecule has 1 aromatic carbocycles. The Hall–Kier alpha value is -0.800. The van der Waals surface area contributed by atoms with Gasteiger partial charge in [-0.15, -0.1) is 0 Å². The maximum atomic E-state index is 5.76. The minimum Gasteiger partial charge on any atom is -0.393 e. The number of benzene rings is 1. The van der Waals surface area contributed by atoms with E-state index in [4.69, 9.17) is 29.6 Å². The maximum Gasteiger partial charge on any atom is 0.0747 e. The van der Waals surface area contributed by atoms with Crippen molar-refractivity contribution in [2.75, 3.05) is 5.32 Å². The molecular formula is C10H13ClN2S. The average Bonchev–Trinajstić information content (AvgIpc) is 2.07. The molecule has 0 saturated carbocycles. The van der Waals surface area contributed by atoms with Crippen molar-refractivity contribution in [2.24, 2.45) is 5.73 Å². The van der Waals surface area contributed by atoms with Crippen molar-refractivity contribution in [2.45, 2.75) is 19.4 Å². The lowest BCUT2D eigenvalue weighted by Crippen LogP contribution is -2.22. The van der Waals surface area contributed by atoms with Crippen LogP contribution in [0.2, 0.25) is 5.02 Å². The summed E-state index contributed by atoms with van der Waals surface area (Å²) in [5, 5.41) is 4.01. The molecule has 1 atom stereocenters. The number of rotatable bonds is 4. The van der Waals surface area contributed by atoms with Crippen LogP contribution in [0.4, 0.5) is 5.69 Å². The van der Waals surface area contributed by atoms with Crippen LogP contribution < -0.4 is 11.1 Å². The first-order chi connectivity index (χ1) is 6.58. The van der Waals surface area contributed by atoms with E-state index in [1.165, 1.54) is 0 Å². The Morgan fingerprint density at radius 1 is 1.50 bits per heavy atom. The fraction of sp³-hybridized carbons (Fsp3) is 0.300. The monoisotopic (exact) mass is 228 g/mol. The van der Waals surface area contributed by atoms with Gasteiger partial charge in [0.05, 0.1) is 4.99 Å². The molecular weight excluding hydrogens is 216 g/mol. The van der Waals surface area contributed by atoms with E-state index in [9.17, 15) is 0 Å². The van der Waals surface area contributed by atoms with E-state index in [1.807, 2.05) is 31.2 Å². The van der Waals surface area contributed by atoms with Gasteiger partial charge in [0.15, 0.2) is 0 Å². The molecule has 1 rings (SSSR count). The van der Waals surface area contributed by atoms with E-state index in [1.54, 1.807) is 0 Å². The highest BCUT2D eigenvalue weighted by Crippen LogP contribution is 2.14. The molecule has 0 heterocycles. The summed E-state index contributed by atoms with van der Waals surface area (Å²) in [5.74, 6) is 0. The van der Waals surface area contributed by atoms with Gasteiger partial charge in [-0.2, -0.15) is 0 Å². The van der Waals surface area contributed by atoms with Crippen LogP contribution in [0.1, 0.15) is 13.3 Å². The largest absolute Gasteiger partial charge is 0.393 e. The highest BCUT2D eigenvalue weighted by molar-refractivity contribution is 7.80. The Morgan fingerprint density at radius 3 is 2.57 bits per heavy atom. The van der Waals surface area contributed by atoms with Crippen molar-refractivity contribution in [1.82, 2.24) is 0 Å². The second kappa shape index (κ2) is 5.17. The molecule has 1 unspecified atom stereocenters. The Labute approximate surface area is 94.4 Å². The number of hydrogen-bond donors (Lipinski definition) is 2. The molecule has 0 aliphatic carbocycles. The number of nitrogens with two attached hydrogens (primary N) is 1. The average molecular weight is 229 g/mol. The molecule has 4 heteroatoms. The molecule has 76 valence electrons. The normalized spacial score (nSPS) is 12.1. The van der Waals surface area contributed by atoms with Gasteiger partial charge in [-0.25, -0.2) is 0 Å². The minimum atomic E-state index is 0.244. The van der Waals surface area contributed by atoms with Crippen molar-refractivity contribution in [3.63, 3.8) is 0 Å². The third kappa shape index (κ3) is 3.94. The minimum absolute atomic E-state index is 0.244. The Morgan fingerprint density at radius 2 is 2.07 bits per heavy atom. The summed E-state index contributed by atoms with van der Waals surface area (Å²) in [4.78, 5) is 0.527. The molecule has 0 radical (unpaired) electrons. The van der Waals surface area contributed by atoms with Crippen molar-refractivity contribution in [3.8, 4) is 0 Å². The number of nitrogens with one attached hydrogen (secondary N) is 1. The molecule has 0 spiro atoms. The van der Waals surface area contributed by atoms with Crippen LogP contribution in [-0.4, -0.2) is 11.0 Å². The van der Waals surface area contributed by atoms with Gasteiger partial charge >= 0.3 is 0 Å². The van der Waals surface area contributed by atoms with E-state index in [0.717, 1.165) is 10.7 Å². The standard InChI is InChI=1S/C10H13ClN2S/c1-7(6-10(12)14)13-9-4-2-8(11)3-5-9/h2-5,7,13H,6H2,1H3,(H2,12,14). The van der Waals surface area contributed by atoms with Crippen LogP contribution in [0, 0.1) is 0 Å². The van der Waals surface area contributed by atoms with Gasteiger partial charge in [0.1, 0.15) is 0 Å². The molecule has 0 fully saturated rings. The van der Waals surface area contributed by atoms with Gasteiger partial charge in [-0.1, -0.05) is 23.8 Å². The van der Waals surface area contributed by atoms with Crippen LogP contribution in [0.25, 0.3) is 0 Å². The van der Waals surface area contributed by atoms with Crippen LogP contribution >= 0.6 is 23.8 Å². The lowest BCUT2D eigenvalue weighted by atomic mass is 10.2. The van der Waals surface area contributed by atoms with Gasteiger partial charge in [0, 0.05) is 23.2 Å². The summed E-state index contributed by atoms with van der Waals surface area (Å²) in [6.07, 6.45) is 0.692. The number of hydrogen-bond acceptors (Lipinski definition) is 2. The summed E-state index contributed by atoms with van der Waals surface area (Å²) in [6.45, 7) is 2.04. The van der Waals surface area contributed by atoms with Crippen LogP contribution in [0.15, 0.2) is 24.3 Å². The number of thiocarbonyl (C=S) groups is 1. The molecule has 0 saturated heterocycles. The molecule has 0 amide bonds. The fourth-order valence-corrected chi connectivity index (χ4v) is 1.56. The van der Waals surface area contributed by atoms with E-state index in [0.29, 0.717) is 11.4 Å². The zero-order valence-corrected chi connectivity index (χ0v) is 9.53. The zero-order chi connectivity index (χ0) is 10.6. The van der Waals surface area contributed by atoms with Crippen LogP contribution in [-0.2, 0) is 0 Å². The highest BCUT2D eigenvalue weighted by atomic mass is 35.5. The summed E-state index contributed by atoms with van der Waals surface area (Å²) in [6, 6.07) is 7.79. The third-order valence-corrected chi connectivity index (χ3v) is 2.18. The number of halogens is 1. The molecule has 2 nitrogen and oxygen atoms in total. The molecule has 0 aliphatic heterocycles. The van der Waals surface area contributed by atoms with Crippen molar-refractivity contribution in [3.05, 3.63) is 29.3 Å². The molecule has 0 aliphatic rings. The summed E-state index contributed by atoms with van der Waals surface area (Å²) in [5.41, 5.74) is 6.47. The smallest absolute Gasteiger partial charge is 0.0747 e. The van der Waals surface area contributed by atoms with Gasteiger partial charge < -0.3 is 11.1 Å². The SMILES string of the molecule is CC(CC(N)=S)Nc1ccc(Cl)cc1. The van der Waals surface area contributed by atoms with E-state index < -0.39 is 0 Å². The molecule has 3 N–H and O–H groups in total. The maximum absolute atomic E-state index is 5.76. The van der Waals surface area contributed by atoms with E-state index >= 15 is 0 Å². The predicted molar refractivity (Wildman–Crippen MR) is 65.9 cm³/mol. The number of anilines is 1. The predicted octanol–water partition coefficient (Wildman–Crippen LogP) is 2.82.